The van der Waals surface area contributed by atoms with E-state index < -0.39 is 12.1 Å². The second kappa shape index (κ2) is 8.28. The van der Waals surface area contributed by atoms with Crippen LogP contribution in [0.5, 0.6) is 0 Å². The Hall–Kier alpha value is -2.89. The van der Waals surface area contributed by atoms with Gasteiger partial charge in [0.05, 0.1) is 11.6 Å². The number of nitrogens with zero attached hydrogens (tertiary/aromatic N) is 3. The smallest absolute Gasteiger partial charge is 0.267 e. The van der Waals surface area contributed by atoms with Crippen molar-refractivity contribution in [3.05, 3.63) is 71.8 Å². The third-order valence-corrected chi connectivity index (χ3v) is 3.57. The predicted molar refractivity (Wildman–Crippen MR) is 97.2 cm³/mol. The maximum Gasteiger partial charge on any atom is 0.399 e. The van der Waals surface area contributed by atoms with Gasteiger partial charge in [-0.1, -0.05) is 54.6 Å². The van der Waals surface area contributed by atoms with E-state index in [1.54, 1.807) is 54.5 Å². The molecule has 0 spiro atoms. The number of rotatable bonds is 6. The average molecular weight is 345 g/mol. The van der Waals surface area contributed by atoms with Gasteiger partial charge in [0, 0.05) is 7.05 Å². The molecule has 0 saturated carbocycles. The molecule has 2 aromatic rings. The molecule has 0 radical (unpaired) electrons. The zero-order chi connectivity index (χ0) is 18.3. The van der Waals surface area contributed by atoms with E-state index in [-0.39, 0.29) is 5.56 Å². The van der Waals surface area contributed by atoms with Crippen LogP contribution < -0.4 is 5.01 Å². The molecule has 25 heavy (non-hydrogen) atoms. The summed E-state index contributed by atoms with van der Waals surface area (Å²) in [5.74, 6) is -1.64. The SMILES string of the molecule is C=N/C=N\N(C)c1ccc(/C=C/C(c2ccccc2)C(F)(F)F)cc1. The van der Waals surface area contributed by atoms with Crippen LogP contribution in [-0.4, -0.2) is 26.3 Å². The molecular formula is C19H18F3N3. The zero-order valence-corrected chi connectivity index (χ0v) is 13.7. The van der Waals surface area contributed by atoms with Gasteiger partial charge in [0.1, 0.15) is 6.34 Å². The van der Waals surface area contributed by atoms with Crippen LogP contribution in [0.4, 0.5) is 18.9 Å². The first kappa shape index (κ1) is 18.4. The van der Waals surface area contributed by atoms with Crippen molar-refractivity contribution in [3.8, 4) is 0 Å². The minimum absolute atomic E-state index is 0.217. The van der Waals surface area contributed by atoms with Gasteiger partial charge in [-0.05, 0) is 30.0 Å². The molecule has 0 aliphatic heterocycles. The highest BCUT2D eigenvalue weighted by Gasteiger charge is 2.38. The number of hydrogen-bond acceptors (Lipinski definition) is 2. The number of anilines is 1. The second-order valence-electron chi connectivity index (χ2n) is 5.32. The van der Waals surface area contributed by atoms with Crippen LogP contribution in [0.1, 0.15) is 17.0 Å². The van der Waals surface area contributed by atoms with Gasteiger partial charge in [0.15, 0.2) is 0 Å². The molecule has 0 heterocycles. The highest BCUT2D eigenvalue weighted by Crippen LogP contribution is 2.36. The number of halogens is 3. The van der Waals surface area contributed by atoms with E-state index in [1.165, 1.54) is 30.6 Å². The Balaban J connectivity index is 2.18. The van der Waals surface area contributed by atoms with Crippen molar-refractivity contribution in [2.45, 2.75) is 12.1 Å². The average Bonchev–Trinajstić information content (AvgIpc) is 2.60. The topological polar surface area (TPSA) is 28.0 Å². The fourth-order valence-corrected chi connectivity index (χ4v) is 2.26. The molecule has 2 rings (SSSR count). The van der Waals surface area contributed by atoms with Crippen LogP contribution in [0.3, 0.4) is 0 Å². The Bertz CT molecular complexity index is 735. The number of hydrazone groups is 1. The third-order valence-electron chi connectivity index (χ3n) is 3.57. The molecule has 3 nitrogen and oxygen atoms in total. The van der Waals surface area contributed by atoms with E-state index in [0.717, 1.165) is 5.69 Å². The standard InChI is InChI=1S/C19H18F3N3/c1-23-14-24-25(2)17-11-8-15(9-12-17)10-13-18(19(20,21)22)16-6-4-3-5-7-16/h3-14,18H,1H2,2H3/b13-10+,24-14-. The maximum atomic E-state index is 13.3. The van der Waals surface area contributed by atoms with Crippen molar-refractivity contribution in [3.63, 3.8) is 0 Å². The van der Waals surface area contributed by atoms with Gasteiger partial charge >= 0.3 is 6.18 Å². The van der Waals surface area contributed by atoms with E-state index in [9.17, 15) is 13.2 Å². The van der Waals surface area contributed by atoms with Crippen LogP contribution in [0, 0.1) is 0 Å². The minimum Gasteiger partial charge on any atom is -0.267 e. The van der Waals surface area contributed by atoms with E-state index in [2.05, 4.69) is 16.8 Å². The van der Waals surface area contributed by atoms with Crippen LogP contribution in [0.2, 0.25) is 0 Å². The van der Waals surface area contributed by atoms with E-state index >= 15 is 0 Å². The van der Waals surface area contributed by atoms with Gasteiger partial charge in [0.25, 0.3) is 0 Å². The van der Waals surface area contributed by atoms with Crippen molar-refractivity contribution in [2.24, 2.45) is 10.1 Å². The second-order valence-corrected chi connectivity index (χ2v) is 5.32. The molecule has 0 aliphatic rings. The molecule has 0 saturated heterocycles. The van der Waals surface area contributed by atoms with Crippen molar-refractivity contribution in [1.29, 1.82) is 0 Å². The van der Waals surface area contributed by atoms with Gasteiger partial charge in [-0.25, -0.2) is 0 Å². The maximum absolute atomic E-state index is 13.3. The summed E-state index contributed by atoms with van der Waals surface area (Å²) in [5, 5.41) is 5.59. The lowest BCUT2D eigenvalue weighted by Crippen LogP contribution is -2.18. The lowest BCUT2D eigenvalue weighted by molar-refractivity contribution is -0.139. The van der Waals surface area contributed by atoms with E-state index in [0.29, 0.717) is 5.56 Å². The number of benzene rings is 2. The molecule has 2 aromatic carbocycles. The van der Waals surface area contributed by atoms with Gasteiger partial charge in [0.2, 0.25) is 0 Å². The molecule has 0 amide bonds. The van der Waals surface area contributed by atoms with Gasteiger partial charge in [-0.15, -0.1) is 0 Å². The Labute approximate surface area is 144 Å². The summed E-state index contributed by atoms with van der Waals surface area (Å²) < 4.78 is 39.9. The molecule has 0 aromatic heterocycles. The Kier molecular flexibility index (Phi) is 6.11. The highest BCUT2D eigenvalue weighted by molar-refractivity contribution is 5.64. The lowest BCUT2D eigenvalue weighted by Gasteiger charge is -2.17. The van der Waals surface area contributed by atoms with Crippen LogP contribution in [0.15, 0.2) is 70.8 Å². The first-order valence-corrected chi connectivity index (χ1v) is 7.54. The predicted octanol–water partition coefficient (Wildman–Crippen LogP) is 5.13. The van der Waals surface area contributed by atoms with E-state index in [4.69, 9.17) is 0 Å². The van der Waals surface area contributed by atoms with Crippen LogP contribution in [-0.2, 0) is 0 Å². The number of aliphatic imine (C=N–C) groups is 1. The quantitative estimate of drug-likeness (QED) is 0.405. The molecular weight excluding hydrogens is 327 g/mol. The monoisotopic (exact) mass is 345 g/mol. The van der Waals surface area contributed by atoms with Crippen LogP contribution in [0.25, 0.3) is 6.08 Å². The summed E-state index contributed by atoms with van der Waals surface area (Å²) in [5.41, 5.74) is 1.68. The molecule has 0 aliphatic carbocycles. The fourth-order valence-electron chi connectivity index (χ4n) is 2.26. The first-order valence-electron chi connectivity index (χ1n) is 7.54. The summed E-state index contributed by atoms with van der Waals surface area (Å²) in [4.78, 5) is 3.52. The largest absolute Gasteiger partial charge is 0.399 e. The van der Waals surface area contributed by atoms with Gasteiger partial charge in [-0.3, -0.25) is 10.0 Å². The van der Waals surface area contributed by atoms with Gasteiger partial charge in [-0.2, -0.15) is 18.3 Å². The van der Waals surface area contributed by atoms with Gasteiger partial charge < -0.3 is 0 Å². The zero-order valence-electron chi connectivity index (χ0n) is 13.7. The molecule has 130 valence electrons. The van der Waals surface area contributed by atoms with Crippen molar-refractivity contribution >= 4 is 24.8 Å². The molecule has 0 N–H and O–H groups in total. The lowest BCUT2D eigenvalue weighted by atomic mass is 9.97. The molecule has 6 heteroatoms. The highest BCUT2D eigenvalue weighted by atomic mass is 19.4. The van der Waals surface area contributed by atoms with Crippen molar-refractivity contribution < 1.29 is 13.2 Å². The summed E-state index contributed by atoms with van der Waals surface area (Å²) >= 11 is 0. The Morgan fingerprint density at radius 1 is 1.04 bits per heavy atom. The number of allylic oxidation sites excluding steroid dienone is 1. The van der Waals surface area contributed by atoms with Crippen LogP contribution >= 0.6 is 0 Å². The summed E-state index contributed by atoms with van der Waals surface area (Å²) in [7, 11) is 1.74. The summed E-state index contributed by atoms with van der Waals surface area (Å²) in [6.45, 7) is 3.30. The van der Waals surface area contributed by atoms with Crippen molar-refractivity contribution in [2.75, 3.05) is 12.1 Å². The van der Waals surface area contributed by atoms with E-state index in [1.807, 2.05) is 0 Å². The Morgan fingerprint density at radius 3 is 2.24 bits per heavy atom. The summed E-state index contributed by atoms with van der Waals surface area (Å²) in [6.07, 6.45) is -0.386. The first-order chi connectivity index (χ1) is 11.9. The molecule has 1 atom stereocenters. The minimum atomic E-state index is -4.34. The summed E-state index contributed by atoms with van der Waals surface area (Å²) in [6, 6.07) is 14.9. The van der Waals surface area contributed by atoms with Crippen molar-refractivity contribution in [1.82, 2.24) is 0 Å². The fraction of sp³-hybridized carbons (Fsp3) is 0.158. The molecule has 0 bridgehead atoms. The number of hydrogen-bond donors (Lipinski definition) is 0. The molecule has 1 unspecified atom stereocenters. The Morgan fingerprint density at radius 2 is 1.68 bits per heavy atom. The number of alkyl halides is 3. The third kappa shape index (κ3) is 5.31. The molecule has 0 fully saturated rings. The normalized spacial score (nSPS) is 13.3.